The number of rotatable bonds is 1. The monoisotopic (exact) mass is 206 g/mol. The zero-order chi connectivity index (χ0) is 10.1. The second kappa shape index (κ2) is 3.58. The largest absolute Gasteiger partial charge is 0.295 e. The van der Waals surface area contributed by atoms with E-state index in [-0.39, 0.29) is 5.78 Å². The lowest BCUT2D eigenvalue weighted by atomic mass is 9.90. The first-order valence-corrected chi connectivity index (χ1v) is 5.06. The molecule has 72 valence electrons. The molecule has 0 aliphatic heterocycles. The van der Waals surface area contributed by atoms with Crippen LogP contribution < -0.4 is 0 Å². The molecule has 0 spiro atoms. The zero-order valence-corrected chi connectivity index (χ0v) is 8.77. The van der Waals surface area contributed by atoms with Gasteiger partial charge < -0.3 is 0 Å². The normalized spacial score (nSPS) is 15.3. The van der Waals surface area contributed by atoms with Gasteiger partial charge in [0.1, 0.15) is 0 Å². The summed E-state index contributed by atoms with van der Waals surface area (Å²) in [5.41, 5.74) is 3.03. The molecule has 1 aliphatic rings. The maximum atomic E-state index is 11.3. The van der Waals surface area contributed by atoms with E-state index in [0.29, 0.717) is 5.03 Å². The van der Waals surface area contributed by atoms with Crippen molar-refractivity contribution < 1.29 is 4.79 Å². The molecule has 2 rings (SSSR count). The van der Waals surface area contributed by atoms with Gasteiger partial charge in [-0.2, -0.15) is 0 Å². The minimum absolute atomic E-state index is 0.0875. The lowest BCUT2D eigenvalue weighted by molar-refractivity contribution is -0.113. The molecule has 0 saturated carbocycles. The Morgan fingerprint density at radius 3 is 2.71 bits per heavy atom. The Morgan fingerprint density at radius 1 is 1.29 bits per heavy atom. The highest BCUT2D eigenvalue weighted by Crippen LogP contribution is 2.34. The molecule has 0 fully saturated rings. The second-order valence-corrected chi connectivity index (χ2v) is 3.88. The fourth-order valence-electron chi connectivity index (χ4n) is 1.81. The predicted octanol–water partition coefficient (Wildman–Crippen LogP) is 3.17. The van der Waals surface area contributed by atoms with Crippen LogP contribution in [0.25, 0.3) is 5.03 Å². The average Bonchev–Trinajstić information content (AvgIpc) is 2.18. The molecule has 0 bridgehead atoms. The van der Waals surface area contributed by atoms with Crippen molar-refractivity contribution >= 4 is 22.4 Å². The van der Waals surface area contributed by atoms with Crippen LogP contribution in [-0.4, -0.2) is 5.78 Å². The highest BCUT2D eigenvalue weighted by Gasteiger charge is 2.19. The van der Waals surface area contributed by atoms with E-state index >= 15 is 0 Å². The quantitative estimate of drug-likeness (QED) is 0.690. The van der Waals surface area contributed by atoms with Gasteiger partial charge in [0, 0.05) is 5.57 Å². The molecule has 0 amide bonds. The molecule has 0 heterocycles. The number of Topliss-reactive ketones (excluding diaryl/α,β-unsaturated/α-hetero) is 1. The number of allylic oxidation sites excluding steroid dienone is 1. The van der Waals surface area contributed by atoms with Crippen LogP contribution in [0.5, 0.6) is 0 Å². The summed E-state index contributed by atoms with van der Waals surface area (Å²) < 4.78 is 0. The van der Waals surface area contributed by atoms with E-state index in [1.54, 1.807) is 6.92 Å². The first-order chi connectivity index (χ1) is 6.70. The number of hydrogen-bond donors (Lipinski definition) is 0. The SMILES string of the molecule is CC(=O)C1=C(Cl)c2ccccc2CC1. The Bertz CT molecular complexity index is 418. The molecule has 0 atom stereocenters. The molecule has 0 aromatic heterocycles. The van der Waals surface area contributed by atoms with Crippen molar-refractivity contribution in [2.45, 2.75) is 19.8 Å². The lowest BCUT2D eigenvalue weighted by Gasteiger charge is -2.17. The van der Waals surface area contributed by atoms with Crippen LogP contribution in [0.2, 0.25) is 0 Å². The third kappa shape index (κ3) is 1.48. The summed E-state index contributed by atoms with van der Waals surface area (Å²) in [5.74, 6) is 0.0875. The molecular weight excluding hydrogens is 196 g/mol. The van der Waals surface area contributed by atoms with Crippen molar-refractivity contribution in [1.82, 2.24) is 0 Å². The number of hydrogen-bond acceptors (Lipinski definition) is 1. The number of fused-ring (bicyclic) bond motifs is 1. The third-order valence-corrected chi connectivity index (χ3v) is 3.02. The summed E-state index contributed by atoms with van der Waals surface area (Å²) >= 11 is 6.17. The number of ketones is 1. The van der Waals surface area contributed by atoms with Crippen molar-refractivity contribution in [3.8, 4) is 0 Å². The minimum Gasteiger partial charge on any atom is -0.295 e. The number of carbonyl (C=O) groups is 1. The molecule has 1 nitrogen and oxygen atoms in total. The van der Waals surface area contributed by atoms with E-state index in [2.05, 4.69) is 6.07 Å². The van der Waals surface area contributed by atoms with Crippen LogP contribution in [0, 0.1) is 0 Å². The van der Waals surface area contributed by atoms with Gasteiger partial charge >= 0.3 is 0 Å². The van der Waals surface area contributed by atoms with Crippen molar-refractivity contribution in [3.63, 3.8) is 0 Å². The summed E-state index contributed by atoms with van der Waals surface area (Å²) in [6, 6.07) is 7.99. The van der Waals surface area contributed by atoms with E-state index < -0.39 is 0 Å². The van der Waals surface area contributed by atoms with E-state index in [9.17, 15) is 4.79 Å². The lowest BCUT2D eigenvalue weighted by Crippen LogP contribution is -2.07. The maximum absolute atomic E-state index is 11.3. The van der Waals surface area contributed by atoms with Crippen LogP contribution >= 0.6 is 11.6 Å². The second-order valence-electron chi connectivity index (χ2n) is 3.51. The van der Waals surface area contributed by atoms with Gasteiger partial charge in [-0.15, -0.1) is 0 Å². The summed E-state index contributed by atoms with van der Waals surface area (Å²) in [5, 5.41) is 0.638. The van der Waals surface area contributed by atoms with Crippen molar-refractivity contribution in [2.24, 2.45) is 0 Å². The molecule has 1 aromatic carbocycles. The van der Waals surface area contributed by atoms with Crippen LogP contribution in [0.1, 0.15) is 24.5 Å². The van der Waals surface area contributed by atoms with Gasteiger partial charge in [0.2, 0.25) is 0 Å². The first-order valence-electron chi connectivity index (χ1n) is 4.68. The molecule has 1 aromatic rings. The molecule has 1 aliphatic carbocycles. The minimum atomic E-state index is 0.0875. The third-order valence-electron chi connectivity index (χ3n) is 2.59. The molecule has 14 heavy (non-hydrogen) atoms. The van der Waals surface area contributed by atoms with Gasteiger partial charge in [0.05, 0.1) is 5.03 Å². The Kier molecular flexibility index (Phi) is 2.42. The standard InChI is InChI=1S/C12H11ClO/c1-8(14)10-7-6-9-4-2-3-5-11(9)12(10)13/h2-5H,6-7H2,1H3. The van der Waals surface area contributed by atoms with E-state index in [1.807, 2.05) is 18.2 Å². The van der Waals surface area contributed by atoms with E-state index in [0.717, 1.165) is 24.0 Å². The number of benzene rings is 1. The van der Waals surface area contributed by atoms with Crippen molar-refractivity contribution in [1.29, 1.82) is 0 Å². The highest BCUT2D eigenvalue weighted by atomic mass is 35.5. The molecule has 0 saturated heterocycles. The van der Waals surface area contributed by atoms with Crippen molar-refractivity contribution in [3.05, 3.63) is 41.0 Å². The van der Waals surface area contributed by atoms with E-state index in [1.165, 1.54) is 5.56 Å². The van der Waals surface area contributed by atoms with Gasteiger partial charge in [-0.3, -0.25) is 4.79 Å². The summed E-state index contributed by atoms with van der Waals surface area (Å²) in [6.45, 7) is 1.58. The van der Waals surface area contributed by atoms with Gasteiger partial charge in [-0.1, -0.05) is 35.9 Å². The number of halogens is 1. The Morgan fingerprint density at radius 2 is 2.00 bits per heavy atom. The molecule has 0 N–H and O–H groups in total. The Labute approximate surface area is 88.4 Å². The van der Waals surface area contributed by atoms with Gasteiger partial charge in [-0.25, -0.2) is 0 Å². The van der Waals surface area contributed by atoms with E-state index in [4.69, 9.17) is 11.6 Å². The van der Waals surface area contributed by atoms with Gasteiger partial charge in [0.15, 0.2) is 5.78 Å². The average molecular weight is 207 g/mol. The van der Waals surface area contributed by atoms with Crippen LogP contribution in [0.3, 0.4) is 0 Å². The molecular formula is C12H11ClO. The topological polar surface area (TPSA) is 17.1 Å². The summed E-state index contributed by atoms with van der Waals surface area (Å²) in [4.78, 5) is 11.3. The highest BCUT2D eigenvalue weighted by molar-refractivity contribution is 6.51. The zero-order valence-electron chi connectivity index (χ0n) is 8.01. The Balaban J connectivity index is 2.56. The summed E-state index contributed by atoms with van der Waals surface area (Å²) in [6.07, 6.45) is 1.69. The van der Waals surface area contributed by atoms with Crippen LogP contribution in [-0.2, 0) is 11.2 Å². The molecule has 2 heteroatoms. The van der Waals surface area contributed by atoms with Gasteiger partial charge in [0.25, 0.3) is 0 Å². The molecule has 0 unspecified atom stereocenters. The molecule has 0 radical (unpaired) electrons. The van der Waals surface area contributed by atoms with Crippen LogP contribution in [0.4, 0.5) is 0 Å². The van der Waals surface area contributed by atoms with Crippen LogP contribution in [0.15, 0.2) is 29.8 Å². The fourth-order valence-corrected chi connectivity index (χ4v) is 2.23. The van der Waals surface area contributed by atoms with Gasteiger partial charge in [-0.05, 0) is 30.9 Å². The predicted molar refractivity (Wildman–Crippen MR) is 58.2 cm³/mol. The maximum Gasteiger partial charge on any atom is 0.157 e. The Hall–Kier alpha value is -1.08. The number of aryl methyl sites for hydroxylation is 1. The summed E-state index contributed by atoms with van der Waals surface area (Å²) in [7, 11) is 0. The smallest absolute Gasteiger partial charge is 0.157 e. The number of carbonyl (C=O) groups excluding carboxylic acids is 1. The fraction of sp³-hybridized carbons (Fsp3) is 0.250. The first kappa shape index (κ1) is 9.47. The van der Waals surface area contributed by atoms with Crippen molar-refractivity contribution in [2.75, 3.05) is 0 Å².